The molecule has 0 saturated heterocycles. The zero-order valence-corrected chi connectivity index (χ0v) is 13.4. The van der Waals surface area contributed by atoms with Gasteiger partial charge in [0, 0.05) is 16.9 Å². The summed E-state index contributed by atoms with van der Waals surface area (Å²) in [5.74, 6) is 0. The quantitative estimate of drug-likeness (QED) is 0.524. The van der Waals surface area contributed by atoms with Crippen molar-refractivity contribution in [1.82, 2.24) is 14.1 Å². The van der Waals surface area contributed by atoms with Crippen molar-refractivity contribution in [2.45, 2.75) is 0 Å². The molecule has 0 saturated carbocycles. The normalized spacial score (nSPS) is 11.4. The number of benzene rings is 2. The van der Waals surface area contributed by atoms with Gasteiger partial charge in [-0.25, -0.2) is 4.79 Å². The van der Waals surface area contributed by atoms with Gasteiger partial charge in [0.05, 0.1) is 28.4 Å². The molecule has 0 fully saturated rings. The topological polar surface area (TPSA) is 39.8 Å². The second-order valence-electron chi connectivity index (χ2n) is 5.17. The van der Waals surface area contributed by atoms with E-state index in [2.05, 4.69) is 20.9 Å². The van der Waals surface area contributed by atoms with Crippen LogP contribution in [-0.4, -0.2) is 14.1 Å². The number of halogens is 1. The van der Waals surface area contributed by atoms with Crippen molar-refractivity contribution < 1.29 is 0 Å². The lowest BCUT2D eigenvalue weighted by Gasteiger charge is -2.06. The van der Waals surface area contributed by atoms with Crippen molar-refractivity contribution in [3.05, 3.63) is 69.7 Å². The molecule has 0 unspecified atom stereocenters. The SMILES string of the molecule is Cn1c(=O)n(-c2ccccc2)c2c3cc(Br)ccc3ncc21. The Balaban J connectivity index is 2.27. The van der Waals surface area contributed by atoms with Crippen LogP contribution in [-0.2, 0) is 7.05 Å². The van der Waals surface area contributed by atoms with Crippen molar-refractivity contribution in [1.29, 1.82) is 0 Å². The van der Waals surface area contributed by atoms with E-state index >= 15 is 0 Å². The van der Waals surface area contributed by atoms with E-state index in [1.54, 1.807) is 22.4 Å². The zero-order valence-electron chi connectivity index (χ0n) is 11.8. The number of aryl methyl sites for hydroxylation is 1. The van der Waals surface area contributed by atoms with Gasteiger partial charge in [0.15, 0.2) is 0 Å². The molecule has 2 aromatic carbocycles. The molecular formula is C17H12BrN3O. The number of hydrogen-bond acceptors (Lipinski definition) is 2. The minimum Gasteiger partial charge on any atom is -0.293 e. The minimum atomic E-state index is -0.0736. The predicted molar refractivity (Wildman–Crippen MR) is 91.5 cm³/mol. The first-order chi connectivity index (χ1) is 10.7. The molecule has 2 heterocycles. The average molecular weight is 354 g/mol. The predicted octanol–water partition coefficient (Wildman–Crippen LogP) is 3.64. The van der Waals surface area contributed by atoms with Crippen LogP contribution in [0.15, 0.2) is 64.0 Å². The number of para-hydroxylation sites is 1. The Kier molecular flexibility index (Phi) is 2.90. The standard InChI is InChI=1S/C17H12BrN3O/c1-20-15-10-19-14-8-7-11(18)9-13(14)16(15)21(17(20)22)12-5-3-2-4-6-12/h2-10H,1H3. The molecule has 0 bridgehead atoms. The molecule has 0 aliphatic carbocycles. The van der Waals surface area contributed by atoms with Gasteiger partial charge in [0.1, 0.15) is 0 Å². The Labute approximate surface area is 134 Å². The fraction of sp³-hybridized carbons (Fsp3) is 0.0588. The summed E-state index contributed by atoms with van der Waals surface area (Å²) in [6.45, 7) is 0. The van der Waals surface area contributed by atoms with E-state index in [-0.39, 0.29) is 5.69 Å². The fourth-order valence-corrected chi connectivity index (χ4v) is 3.15. The van der Waals surface area contributed by atoms with Crippen molar-refractivity contribution in [2.24, 2.45) is 7.05 Å². The highest BCUT2D eigenvalue weighted by molar-refractivity contribution is 9.10. The number of imidazole rings is 1. The highest BCUT2D eigenvalue weighted by Crippen LogP contribution is 2.27. The summed E-state index contributed by atoms with van der Waals surface area (Å²) in [4.78, 5) is 17.2. The van der Waals surface area contributed by atoms with Gasteiger partial charge >= 0.3 is 5.69 Å². The van der Waals surface area contributed by atoms with E-state index in [9.17, 15) is 4.79 Å². The monoisotopic (exact) mass is 353 g/mol. The van der Waals surface area contributed by atoms with Crippen LogP contribution in [0.1, 0.15) is 0 Å². The van der Waals surface area contributed by atoms with Crippen molar-refractivity contribution in [3.63, 3.8) is 0 Å². The number of rotatable bonds is 1. The Morgan fingerprint density at radius 3 is 2.64 bits per heavy atom. The third-order valence-electron chi connectivity index (χ3n) is 3.86. The maximum atomic E-state index is 12.7. The molecule has 4 aromatic rings. The summed E-state index contributed by atoms with van der Waals surface area (Å²) in [6.07, 6.45) is 1.76. The first kappa shape index (κ1) is 13.3. The maximum Gasteiger partial charge on any atom is 0.333 e. The Hall–Kier alpha value is -2.40. The third-order valence-corrected chi connectivity index (χ3v) is 4.35. The van der Waals surface area contributed by atoms with Gasteiger partial charge in [0.2, 0.25) is 0 Å². The van der Waals surface area contributed by atoms with Crippen LogP contribution in [0.25, 0.3) is 27.6 Å². The molecule has 5 heteroatoms. The summed E-state index contributed by atoms with van der Waals surface area (Å²) in [5, 5.41) is 0.952. The van der Waals surface area contributed by atoms with Crippen molar-refractivity contribution >= 4 is 37.9 Å². The number of fused-ring (bicyclic) bond motifs is 3. The lowest BCUT2D eigenvalue weighted by molar-refractivity contribution is 0.846. The lowest BCUT2D eigenvalue weighted by atomic mass is 10.2. The van der Waals surface area contributed by atoms with Crippen LogP contribution in [0.5, 0.6) is 0 Å². The van der Waals surface area contributed by atoms with Crippen molar-refractivity contribution in [2.75, 3.05) is 0 Å². The summed E-state index contributed by atoms with van der Waals surface area (Å²) < 4.78 is 4.34. The molecule has 0 atom stereocenters. The number of pyridine rings is 1. The summed E-state index contributed by atoms with van der Waals surface area (Å²) in [6, 6.07) is 15.6. The molecule has 2 aromatic heterocycles. The first-order valence-electron chi connectivity index (χ1n) is 6.88. The van der Waals surface area contributed by atoms with E-state index in [0.717, 1.165) is 32.1 Å². The molecule has 4 nitrogen and oxygen atoms in total. The fourth-order valence-electron chi connectivity index (χ4n) is 2.79. The summed E-state index contributed by atoms with van der Waals surface area (Å²) in [5.41, 5.74) is 3.34. The van der Waals surface area contributed by atoms with E-state index in [4.69, 9.17) is 0 Å². The maximum absolute atomic E-state index is 12.7. The minimum absolute atomic E-state index is 0.0736. The van der Waals surface area contributed by atoms with Crippen LogP contribution < -0.4 is 5.69 Å². The summed E-state index contributed by atoms with van der Waals surface area (Å²) in [7, 11) is 1.77. The molecule has 0 amide bonds. The van der Waals surface area contributed by atoms with Crippen LogP contribution in [0.3, 0.4) is 0 Å². The largest absolute Gasteiger partial charge is 0.333 e. The van der Waals surface area contributed by atoms with E-state index in [1.165, 1.54) is 0 Å². The molecule has 0 aliphatic heterocycles. The van der Waals surface area contributed by atoms with Gasteiger partial charge in [-0.3, -0.25) is 14.1 Å². The Bertz CT molecular complexity index is 1060. The number of nitrogens with zero attached hydrogens (tertiary/aromatic N) is 3. The first-order valence-corrected chi connectivity index (χ1v) is 7.67. The van der Waals surface area contributed by atoms with Gasteiger partial charge in [-0.1, -0.05) is 34.1 Å². The molecule has 108 valence electrons. The van der Waals surface area contributed by atoms with Crippen LogP contribution in [0.4, 0.5) is 0 Å². The van der Waals surface area contributed by atoms with Gasteiger partial charge in [-0.2, -0.15) is 0 Å². The highest BCUT2D eigenvalue weighted by atomic mass is 79.9. The molecule has 0 N–H and O–H groups in total. The van der Waals surface area contributed by atoms with Gasteiger partial charge in [0.25, 0.3) is 0 Å². The van der Waals surface area contributed by atoms with Crippen LogP contribution in [0, 0.1) is 0 Å². The van der Waals surface area contributed by atoms with Crippen LogP contribution in [0.2, 0.25) is 0 Å². The molecule has 22 heavy (non-hydrogen) atoms. The number of aromatic nitrogens is 3. The molecule has 0 spiro atoms. The van der Waals surface area contributed by atoms with E-state index in [0.29, 0.717) is 0 Å². The zero-order chi connectivity index (χ0) is 15.3. The molecule has 4 rings (SSSR count). The van der Waals surface area contributed by atoms with Crippen LogP contribution >= 0.6 is 15.9 Å². The second kappa shape index (κ2) is 4.81. The lowest BCUT2D eigenvalue weighted by Crippen LogP contribution is -2.20. The molecule has 0 radical (unpaired) electrons. The molecular weight excluding hydrogens is 342 g/mol. The van der Waals surface area contributed by atoms with Gasteiger partial charge < -0.3 is 0 Å². The number of hydrogen-bond donors (Lipinski definition) is 0. The van der Waals surface area contributed by atoms with Crippen molar-refractivity contribution in [3.8, 4) is 5.69 Å². The third kappa shape index (κ3) is 1.82. The van der Waals surface area contributed by atoms with Gasteiger partial charge in [-0.15, -0.1) is 0 Å². The van der Waals surface area contributed by atoms with E-state index < -0.39 is 0 Å². The highest BCUT2D eigenvalue weighted by Gasteiger charge is 2.15. The smallest absolute Gasteiger partial charge is 0.293 e. The van der Waals surface area contributed by atoms with E-state index in [1.807, 2.05) is 48.5 Å². The Morgan fingerprint density at radius 1 is 1.09 bits per heavy atom. The Morgan fingerprint density at radius 2 is 1.86 bits per heavy atom. The van der Waals surface area contributed by atoms with Gasteiger partial charge in [-0.05, 0) is 30.3 Å². The average Bonchev–Trinajstić information content (AvgIpc) is 2.80. The second-order valence-corrected chi connectivity index (χ2v) is 6.08. The molecule has 0 aliphatic rings. The summed E-state index contributed by atoms with van der Waals surface area (Å²) >= 11 is 3.50.